The normalized spacial score (nSPS) is 13.9. The Kier molecular flexibility index (Phi) is 4.39. The molecule has 5 heteroatoms. The molecule has 2 aromatic rings. The fraction of sp³-hybridized carbons (Fsp3) is 0.353. The first-order valence-corrected chi connectivity index (χ1v) is 7.72. The summed E-state index contributed by atoms with van der Waals surface area (Å²) in [6, 6.07) is 10.6. The van der Waals surface area contributed by atoms with Gasteiger partial charge in [-0.25, -0.2) is 0 Å². The van der Waals surface area contributed by atoms with Gasteiger partial charge in [-0.1, -0.05) is 17.7 Å². The zero-order valence-electron chi connectivity index (χ0n) is 12.4. The molecule has 0 N–H and O–H groups in total. The first kappa shape index (κ1) is 15.0. The minimum absolute atomic E-state index is 0.0825. The van der Waals surface area contributed by atoms with E-state index in [0.29, 0.717) is 28.2 Å². The van der Waals surface area contributed by atoms with Crippen LogP contribution in [0.1, 0.15) is 29.2 Å². The lowest BCUT2D eigenvalue weighted by molar-refractivity contribution is 0.0753. The van der Waals surface area contributed by atoms with Gasteiger partial charge in [-0.2, -0.15) is 0 Å². The second-order valence-electron chi connectivity index (χ2n) is 5.64. The first-order valence-electron chi connectivity index (χ1n) is 7.34. The van der Waals surface area contributed by atoms with Crippen LogP contribution in [0.4, 0.5) is 0 Å². The molecule has 4 nitrogen and oxygen atoms in total. The predicted octanol–water partition coefficient (Wildman–Crippen LogP) is 3.99. The molecule has 116 valence electrons. The Morgan fingerprint density at radius 2 is 2.18 bits per heavy atom. The fourth-order valence-electron chi connectivity index (χ4n) is 2.24. The number of hydrogen-bond acceptors (Lipinski definition) is 3. The Bertz CT molecular complexity index is 663. The van der Waals surface area contributed by atoms with E-state index in [0.717, 1.165) is 6.54 Å². The molecule has 3 rings (SSSR count). The predicted molar refractivity (Wildman–Crippen MR) is 84.2 cm³/mol. The van der Waals surface area contributed by atoms with E-state index < -0.39 is 0 Å². The molecule has 1 saturated carbocycles. The van der Waals surface area contributed by atoms with Crippen LogP contribution in [0, 0.1) is 5.92 Å². The quantitative estimate of drug-likeness (QED) is 0.808. The maximum Gasteiger partial charge on any atom is 0.289 e. The third-order valence-electron chi connectivity index (χ3n) is 3.63. The molecule has 1 aliphatic carbocycles. The molecule has 1 aliphatic rings. The van der Waals surface area contributed by atoms with Gasteiger partial charge in [-0.05, 0) is 49.1 Å². The maximum absolute atomic E-state index is 12.2. The van der Waals surface area contributed by atoms with Crippen LogP contribution >= 0.6 is 11.6 Å². The van der Waals surface area contributed by atoms with Gasteiger partial charge in [0.15, 0.2) is 5.76 Å². The second-order valence-corrected chi connectivity index (χ2v) is 6.08. The van der Waals surface area contributed by atoms with Gasteiger partial charge in [0.25, 0.3) is 5.91 Å². The number of benzene rings is 1. The van der Waals surface area contributed by atoms with Crippen LogP contribution in [0.5, 0.6) is 5.75 Å². The molecule has 22 heavy (non-hydrogen) atoms. The summed E-state index contributed by atoms with van der Waals surface area (Å²) in [6.45, 7) is 1.06. The van der Waals surface area contributed by atoms with Crippen molar-refractivity contribution in [2.24, 2.45) is 5.92 Å². The minimum Gasteiger partial charge on any atom is -0.486 e. The number of amides is 1. The summed E-state index contributed by atoms with van der Waals surface area (Å²) in [7, 11) is 1.81. The molecule has 1 amide bonds. The van der Waals surface area contributed by atoms with Crippen molar-refractivity contribution in [3.63, 3.8) is 0 Å². The molecule has 0 atom stereocenters. The van der Waals surface area contributed by atoms with E-state index in [2.05, 4.69) is 0 Å². The number of rotatable bonds is 6. The smallest absolute Gasteiger partial charge is 0.289 e. The topological polar surface area (TPSA) is 42.7 Å². The second kappa shape index (κ2) is 6.44. The number of hydrogen-bond donors (Lipinski definition) is 0. The summed E-state index contributed by atoms with van der Waals surface area (Å²) < 4.78 is 11.2. The van der Waals surface area contributed by atoms with Crippen molar-refractivity contribution in [3.8, 4) is 5.75 Å². The zero-order valence-corrected chi connectivity index (χ0v) is 13.2. The van der Waals surface area contributed by atoms with Crippen LogP contribution in [0.25, 0.3) is 0 Å². The summed E-state index contributed by atoms with van der Waals surface area (Å²) in [5, 5.41) is 0.620. The third-order valence-corrected chi connectivity index (χ3v) is 3.86. The molecule has 0 radical (unpaired) electrons. The number of furan rings is 1. The van der Waals surface area contributed by atoms with Crippen LogP contribution < -0.4 is 4.74 Å². The van der Waals surface area contributed by atoms with Gasteiger partial charge in [0.1, 0.15) is 18.1 Å². The van der Waals surface area contributed by atoms with Crippen molar-refractivity contribution in [1.29, 1.82) is 0 Å². The Balaban J connectivity index is 1.57. The van der Waals surface area contributed by atoms with Crippen molar-refractivity contribution in [2.45, 2.75) is 19.4 Å². The van der Waals surface area contributed by atoms with Crippen LogP contribution in [-0.4, -0.2) is 24.4 Å². The van der Waals surface area contributed by atoms with Gasteiger partial charge in [-0.3, -0.25) is 4.79 Å². The average Bonchev–Trinajstić information content (AvgIpc) is 3.19. The van der Waals surface area contributed by atoms with E-state index in [-0.39, 0.29) is 12.5 Å². The van der Waals surface area contributed by atoms with Crippen molar-refractivity contribution in [1.82, 2.24) is 4.90 Å². The Hall–Kier alpha value is -1.94. The number of halogens is 1. The summed E-state index contributed by atoms with van der Waals surface area (Å²) in [4.78, 5) is 13.9. The molecule has 1 aromatic carbocycles. The highest BCUT2D eigenvalue weighted by Crippen LogP contribution is 2.29. The monoisotopic (exact) mass is 319 g/mol. The highest BCUT2D eigenvalue weighted by Gasteiger charge is 2.26. The van der Waals surface area contributed by atoms with Crippen molar-refractivity contribution >= 4 is 17.5 Å². The summed E-state index contributed by atoms with van der Waals surface area (Å²) in [5.41, 5.74) is 0. The molecule has 0 spiro atoms. The molecular weight excluding hydrogens is 302 g/mol. The molecule has 0 saturated heterocycles. The number of carbonyl (C=O) groups is 1. The summed E-state index contributed by atoms with van der Waals surface area (Å²) >= 11 is 5.90. The van der Waals surface area contributed by atoms with E-state index in [9.17, 15) is 4.79 Å². The van der Waals surface area contributed by atoms with Gasteiger partial charge in [-0.15, -0.1) is 0 Å². The number of carbonyl (C=O) groups excluding carboxylic acids is 1. The molecular formula is C17H18ClNO3. The van der Waals surface area contributed by atoms with E-state index in [1.54, 1.807) is 29.2 Å². The SMILES string of the molecule is CN(CC1CC1)C(=O)c1ccc(COc2cccc(Cl)c2)o1. The molecule has 1 aromatic heterocycles. The van der Waals surface area contributed by atoms with E-state index >= 15 is 0 Å². The van der Waals surface area contributed by atoms with Crippen molar-refractivity contribution < 1.29 is 13.9 Å². The minimum atomic E-state index is -0.0825. The third kappa shape index (κ3) is 3.83. The number of nitrogens with zero attached hydrogens (tertiary/aromatic N) is 1. The van der Waals surface area contributed by atoms with Crippen LogP contribution in [0.3, 0.4) is 0 Å². The first-order chi connectivity index (χ1) is 10.6. The number of ether oxygens (including phenoxy) is 1. The van der Waals surface area contributed by atoms with E-state index in [1.165, 1.54) is 12.8 Å². The van der Waals surface area contributed by atoms with Crippen molar-refractivity contribution in [2.75, 3.05) is 13.6 Å². The largest absolute Gasteiger partial charge is 0.486 e. The lowest BCUT2D eigenvalue weighted by atomic mass is 10.3. The van der Waals surface area contributed by atoms with Crippen LogP contribution in [0.15, 0.2) is 40.8 Å². The standard InChI is InChI=1S/C17H18ClNO3/c1-19(10-12-5-6-12)17(20)16-8-7-15(22-16)11-21-14-4-2-3-13(18)9-14/h2-4,7-9,12H,5-6,10-11H2,1H3. The molecule has 0 aliphatic heterocycles. The van der Waals surface area contributed by atoms with Crippen LogP contribution in [-0.2, 0) is 6.61 Å². The Morgan fingerprint density at radius 3 is 2.91 bits per heavy atom. The Morgan fingerprint density at radius 1 is 1.36 bits per heavy atom. The molecule has 1 heterocycles. The maximum atomic E-state index is 12.2. The van der Waals surface area contributed by atoms with Gasteiger partial charge < -0.3 is 14.1 Å². The van der Waals surface area contributed by atoms with Gasteiger partial charge in [0, 0.05) is 18.6 Å². The van der Waals surface area contributed by atoms with Gasteiger partial charge in [0.05, 0.1) is 0 Å². The average molecular weight is 320 g/mol. The molecule has 0 bridgehead atoms. The van der Waals surface area contributed by atoms with Crippen LogP contribution in [0.2, 0.25) is 5.02 Å². The van der Waals surface area contributed by atoms with E-state index in [4.69, 9.17) is 20.8 Å². The molecule has 0 unspecified atom stereocenters. The van der Waals surface area contributed by atoms with Gasteiger partial charge in [0.2, 0.25) is 0 Å². The lowest BCUT2D eigenvalue weighted by Gasteiger charge is -2.14. The highest BCUT2D eigenvalue weighted by molar-refractivity contribution is 6.30. The lowest BCUT2D eigenvalue weighted by Crippen LogP contribution is -2.28. The summed E-state index contributed by atoms with van der Waals surface area (Å²) in [5.74, 6) is 2.22. The summed E-state index contributed by atoms with van der Waals surface area (Å²) in [6.07, 6.45) is 2.43. The van der Waals surface area contributed by atoms with E-state index in [1.807, 2.05) is 19.2 Å². The van der Waals surface area contributed by atoms with Crippen molar-refractivity contribution in [3.05, 3.63) is 52.9 Å². The Labute approximate surface area is 134 Å². The highest BCUT2D eigenvalue weighted by atomic mass is 35.5. The molecule has 1 fully saturated rings. The van der Waals surface area contributed by atoms with Gasteiger partial charge >= 0.3 is 0 Å². The fourth-order valence-corrected chi connectivity index (χ4v) is 2.42. The zero-order chi connectivity index (χ0) is 15.5.